The second-order valence-electron chi connectivity index (χ2n) is 5.33. The Bertz CT molecular complexity index is 631. The van der Waals surface area contributed by atoms with Crippen LogP contribution in [-0.4, -0.2) is 43.9 Å². The molecule has 0 aliphatic carbocycles. The molecular weight excluding hydrogens is 351 g/mol. The molecule has 109 valence electrons. The molecule has 1 N–H and O–H groups in total. The summed E-state index contributed by atoms with van der Waals surface area (Å²) in [6.45, 7) is 3.01. The number of halogens is 1. The molecule has 3 rings (SSSR count). The second-order valence-corrected chi connectivity index (χ2v) is 7.16. The topological polar surface area (TPSA) is 57.1 Å². The maximum absolute atomic E-state index is 10.6. The first-order chi connectivity index (χ1) is 10.1. The molecule has 0 aromatic carbocycles. The average molecular weight is 366 g/mol. The van der Waals surface area contributed by atoms with Crippen LogP contribution in [0.3, 0.4) is 0 Å². The third-order valence-electron chi connectivity index (χ3n) is 4.07. The van der Waals surface area contributed by atoms with E-state index in [4.69, 9.17) is 0 Å². The number of rotatable bonds is 3. The molecule has 5 nitrogen and oxygen atoms in total. The summed E-state index contributed by atoms with van der Waals surface area (Å²) in [5, 5.41) is 5.59. The van der Waals surface area contributed by atoms with Gasteiger partial charge in [0.2, 0.25) is 0 Å². The van der Waals surface area contributed by atoms with Gasteiger partial charge in [0.15, 0.2) is 5.96 Å². The molecule has 0 saturated carbocycles. The maximum Gasteiger partial charge on any atom is 0.358 e. The standard InChI is InChI=1S/C13H15BBrN4OS/c1-13(10-5-8(15)6-21-10)9-3-4-16-11(9)19(2)12(17-13)18-14-7-20/h5-7,9H,3-4H2,1-2H3,(H,17,18)/t9?,13-/m0/s1. The van der Waals surface area contributed by atoms with Crippen molar-refractivity contribution >= 4 is 52.7 Å². The number of thiophene rings is 1. The summed E-state index contributed by atoms with van der Waals surface area (Å²) in [4.78, 5) is 22.6. The molecule has 1 radical (unpaired) electrons. The van der Waals surface area contributed by atoms with Crippen molar-refractivity contribution in [1.82, 2.24) is 10.2 Å². The first kappa shape index (κ1) is 14.8. The summed E-state index contributed by atoms with van der Waals surface area (Å²) in [6, 6.07) is 2.14. The van der Waals surface area contributed by atoms with Gasteiger partial charge in [0, 0.05) is 34.2 Å². The number of hydrogen-bond acceptors (Lipinski definition) is 4. The molecule has 1 saturated heterocycles. The van der Waals surface area contributed by atoms with Crippen LogP contribution in [0.2, 0.25) is 0 Å². The van der Waals surface area contributed by atoms with Crippen molar-refractivity contribution in [1.29, 1.82) is 0 Å². The van der Waals surface area contributed by atoms with E-state index in [1.165, 1.54) is 12.3 Å². The number of aliphatic imine (C=N–C) groups is 1. The van der Waals surface area contributed by atoms with Crippen LogP contribution in [0, 0.1) is 5.92 Å². The van der Waals surface area contributed by atoms with Crippen LogP contribution >= 0.6 is 27.3 Å². The molecule has 1 aromatic heterocycles. The van der Waals surface area contributed by atoms with Gasteiger partial charge in [-0.1, -0.05) is 0 Å². The zero-order valence-electron chi connectivity index (χ0n) is 11.8. The van der Waals surface area contributed by atoms with E-state index in [1.54, 1.807) is 11.3 Å². The van der Waals surface area contributed by atoms with Crippen LogP contribution in [0.5, 0.6) is 0 Å². The van der Waals surface area contributed by atoms with Gasteiger partial charge in [-0.15, -0.1) is 11.3 Å². The second kappa shape index (κ2) is 5.57. The van der Waals surface area contributed by atoms with Gasteiger partial charge >= 0.3 is 7.41 Å². The molecule has 1 unspecified atom stereocenters. The molecule has 1 aromatic rings. The van der Waals surface area contributed by atoms with Crippen LogP contribution in [-0.2, 0) is 10.3 Å². The number of nitrogens with one attached hydrogen (secondary N) is 1. The van der Waals surface area contributed by atoms with Gasteiger partial charge in [0.1, 0.15) is 12.0 Å². The van der Waals surface area contributed by atoms with Gasteiger partial charge in [-0.05, 0) is 35.3 Å². The highest BCUT2D eigenvalue weighted by Gasteiger charge is 2.48. The fraction of sp³-hybridized carbons (Fsp3) is 0.462. The van der Waals surface area contributed by atoms with Crippen molar-refractivity contribution in [2.45, 2.75) is 18.9 Å². The molecule has 2 aliphatic rings. The molecule has 0 bridgehead atoms. The number of amidine groups is 1. The lowest BCUT2D eigenvalue weighted by molar-refractivity contribution is 0.301. The van der Waals surface area contributed by atoms with E-state index in [0.29, 0.717) is 18.1 Å². The van der Waals surface area contributed by atoms with Crippen LogP contribution < -0.4 is 5.32 Å². The summed E-state index contributed by atoms with van der Waals surface area (Å²) in [6.07, 6.45) is 1.70. The molecule has 21 heavy (non-hydrogen) atoms. The van der Waals surface area contributed by atoms with Crippen molar-refractivity contribution in [3.05, 3.63) is 20.8 Å². The van der Waals surface area contributed by atoms with E-state index in [1.807, 2.05) is 11.9 Å². The van der Waals surface area contributed by atoms with E-state index in [-0.39, 0.29) is 5.54 Å². The lowest BCUT2D eigenvalue weighted by Crippen LogP contribution is -2.63. The fourth-order valence-corrected chi connectivity index (χ4v) is 4.59. The Kier molecular flexibility index (Phi) is 3.92. The Balaban J connectivity index is 2.03. The Morgan fingerprint density at radius 1 is 1.71 bits per heavy atom. The van der Waals surface area contributed by atoms with Gasteiger partial charge in [0.05, 0.1) is 5.54 Å². The molecule has 2 atom stereocenters. The highest BCUT2D eigenvalue weighted by molar-refractivity contribution is 9.10. The number of hydrogen-bond donors (Lipinski definition) is 1. The maximum atomic E-state index is 10.6. The predicted molar refractivity (Wildman–Crippen MR) is 90.6 cm³/mol. The predicted octanol–water partition coefficient (Wildman–Crippen LogP) is 1.84. The largest absolute Gasteiger partial charge is 0.358 e. The van der Waals surface area contributed by atoms with E-state index < -0.39 is 0 Å². The van der Waals surface area contributed by atoms with Crippen LogP contribution in [0.25, 0.3) is 0 Å². The van der Waals surface area contributed by atoms with Gasteiger partial charge in [-0.2, -0.15) is 0 Å². The molecule has 8 heteroatoms. The molecule has 3 heterocycles. The van der Waals surface area contributed by atoms with E-state index in [9.17, 15) is 4.79 Å². The van der Waals surface area contributed by atoms with Crippen molar-refractivity contribution in [3.63, 3.8) is 0 Å². The summed E-state index contributed by atoms with van der Waals surface area (Å²) in [5.41, 5.74) is -0.256. The average Bonchev–Trinajstić information content (AvgIpc) is 3.10. The summed E-state index contributed by atoms with van der Waals surface area (Å²) < 4.78 is 1.08. The lowest BCUT2D eigenvalue weighted by atomic mass is 9.80. The van der Waals surface area contributed by atoms with Gasteiger partial charge in [-0.25, -0.2) is 0 Å². The Morgan fingerprint density at radius 3 is 3.19 bits per heavy atom. The molecule has 0 spiro atoms. The Hall–Kier alpha value is -1.15. The van der Waals surface area contributed by atoms with E-state index in [2.05, 4.69) is 49.5 Å². The zero-order chi connectivity index (χ0) is 15.0. The molecule has 2 aliphatic heterocycles. The number of carbonyl (C=O) groups excluding carboxylic acids is 1. The Morgan fingerprint density at radius 2 is 2.52 bits per heavy atom. The number of guanidine groups is 1. The first-order valence-corrected chi connectivity index (χ1v) is 8.39. The van der Waals surface area contributed by atoms with Crippen molar-refractivity contribution in [2.75, 3.05) is 13.6 Å². The number of nitrogens with zero attached hydrogens (tertiary/aromatic N) is 3. The fourth-order valence-electron chi connectivity index (χ4n) is 2.98. The minimum absolute atomic E-state index is 0.256. The molecule has 1 fully saturated rings. The van der Waals surface area contributed by atoms with Crippen molar-refractivity contribution in [3.8, 4) is 0 Å². The lowest BCUT2D eigenvalue weighted by Gasteiger charge is -2.45. The molecular formula is C13H15BBrN4OS. The third-order valence-corrected chi connectivity index (χ3v) is 6.00. The van der Waals surface area contributed by atoms with Crippen molar-refractivity contribution < 1.29 is 4.79 Å². The zero-order valence-corrected chi connectivity index (χ0v) is 14.2. The van der Waals surface area contributed by atoms with Crippen LogP contribution in [0.4, 0.5) is 0 Å². The SMILES string of the molecule is CN1C(=N[B]C=O)N[C@](C)(c2cc(Br)cs2)C2CCN=C21. The van der Waals surface area contributed by atoms with Gasteiger partial charge in [0.25, 0.3) is 0 Å². The highest BCUT2D eigenvalue weighted by atomic mass is 79.9. The minimum atomic E-state index is -0.256. The summed E-state index contributed by atoms with van der Waals surface area (Å²) in [5.74, 6) is 2.01. The van der Waals surface area contributed by atoms with E-state index >= 15 is 0 Å². The van der Waals surface area contributed by atoms with Crippen LogP contribution in [0.15, 0.2) is 25.8 Å². The van der Waals surface area contributed by atoms with Gasteiger partial charge < -0.3 is 19.9 Å². The smallest absolute Gasteiger partial charge is 0.346 e. The summed E-state index contributed by atoms with van der Waals surface area (Å²) in [7, 11) is 3.20. The summed E-state index contributed by atoms with van der Waals surface area (Å²) >= 11 is 5.24. The highest BCUT2D eigenvalue weighted by Crippen LogP contribution is 2.42. The van der Waals surface area contributed by atoms with Gasteiger partial charge in [-0.3, -0.25) is 4.99 Å². The quantitative estimate of drug-likeness (QED) is 0.656. The Labute approximate surface area is 136 Å². The van der Waals surface area contributed by atoms with Crippen molar-refractivity contribution in [2.24, 2.45) is 15.8 Å². The number of carbonyl (C=O) groups is 1. The third kappa shape index (κ3) is 2.44. The van der Waals surface area contributed by atoms with E-state index in [0.717, 1.165) is 23.3 Å². The number of fused-ring (bicyclic) bond motifs is 1. The minimum Gasteiger partial charge on any atom is -0.346 e. The normalized spacial score (nSPS) is 29.9. The monoisotopic (exact) mass is 365 g/mol. The molecule has 0 amide bonds. The van der Waals surface area contributed by atoms with Crippen LogP contribution in [0.1, 0.15) is 18.2 Å². The first-order valence-electron chi connectivity index (χ1n) is 6.72.